The fraction of sp³-hybridized carbons (Fsp3) is 0.625. The Morgan fingerprint density at radius 3 is 1.24 bits per heavy atom. The van der Waals surface area contributed by atoms with Gasteiger partial charge in [-0.1, -0.05) is 0 Å². The van der Waals surface area contributed by atoms with Gasteiger partial charge in [0.2, 0.25) is 11.6 Å². The van der Waals surface area contributed by atoms with Crippen molar-refractivity contribution >= 4 is 35.4 Å². The number of alkyl halides is 6. The molecule has 0 aromatic carbocycles. The van der Waals surface area contributed by atoms with Crippen LogP contribution >= 0.6 is 0 Å². The van der Waals surface area contributed by atoms with Gasteiger partial charge >= 0.3 is 18.1 Å². The molecule has 0 aromatic heterocycles. The zero-order chi connectivity index (χ0) is 26.9. The average Bonchev–Trinajstić information content (AvgIpc) is 2.63. The van der Waals surface area contributed by atoms with Gasteiger partial charge in [-0.25, -0.2) is 26.3 Å². The van der Waals surface area contributed by atoms with E-state index in [0.717, 1.165) is 6.92 Å². The molecule has 0 aliphatic heterocycles. The van der Waals surface area contributed by atoms with Crippen molar-refractivity contribution in [1.82, 2.24) is 0 Å². The van der Waals surface area contributed by atoms with Crippen LogP contribution < -0.4 is 0 Å². The first-order chi connectivity index (χ1) is 14.6. The molecule has 201 valence electrons. The predicted octanol–water partition coefficient (Wildman–Crippen LogP) is 0.400. The number of ether oxygens (including phenoxy) is 1. The zero-order valence-corrected chi connectivity index (χ0v) is 19.4. The summed E-state index contributed by atoms with van der Waals surface area (Å²) in [6.07, 6.45) is -10.7. The predicted molar refractivity (Wildman–Crippen MR) is 94.8 cm³/mol. The van der Waals surface area contributed by atoms with Crippen LogP contribution in [-0.4, -0.2) is 78.1 Å². The summed E-state index contributed by atoms with van der Waals surface area (Å²) < 4.78 is 71.2. The van der Waals surface area contributed by atoms with Crippen molar-refractivity contribution in [3.63, 3.8) is 0 Å². The number of Topliss-reactive ketones (excluding diaryl/α,β-unsaturated/α-hetero) is 3. The number of carboxylic acid groups (broad SMARTS) is 1. The number of hydrogen-bond acceptors (Lipinski definition) is 9. The van der Waals surface area contributed by atoms with Crippen LogP contribution in [0.25, 0.3) is 0 Å². The summed E-state index contributed by atoms with van der Waals surface area (Å²) >= 11 is 0. The number of aliphatic hydroxyl groups is 1. The molecule has 0 aromatic rings. The number of carbonyl (C=O) groups is 5. The number of carbonyl (C=O) groups excluding carboxylic acids is 6. The maximum atomic E-state index is 11.5. The van der Waals surface area contributed by atoms with Crippen LogP contribution in [0.2, 0.25) is 0 Å². The molecule has 0 amide bonds. The first-order valence-corrected chi connectivity index (χ1v) is 7.97. The van der Waals surface area contributed by atoms with E-state index < -0.39 is 61.4 Å². The fourth-order valence-corrected chi connectivity index (χ4v) is 0.658. The SMILES string of the molecule is CC(=O)C(F)F.CCO.CCOC(=O)CC(=O)C(F)F.O=C(O)CC(=O)C(F)F.O=C=O.[OH3+].[V]. The molecule has 0 saturated carbocycles. The average molecular weight is 558 g/mol. The molecule has 0 saturated heterocycles. The van der Waals surface area contributed by atoms with E-state index in [1.807, 2.05) is 0 Å². The van der Waals surface area contributed by atoms with Gasteiger partial charge in [-0.05, 0) is 13.8 Å². The van der Waals surface area contributed by atoms with Crippen LogP contribution in [0.5, 0.6) is 0 Å². The number of ketones is 3. The molecular weight excluding hydrogens is 533 g/mol. The summed E-state index contributed by atoms with van der Waals surface area (Å²) in [5, 5.41) is 15.3. The minimum Gasteiger partial charge on any atom is -0.481 e. The summed E-state index contributed by atoms with van der Waals surface area (Å²) in [7, 11) is 0. The van der Waals surface area contributed by atoms with E-state index in [1.165, 1.54) is 6.92 Å². The second kappa shape index (κ2) is 35.0. The van der Waals surface area contributed by atoms with Gasteiger partial charge in [-0.2, -0.15) is 9.59 Å². The van der Waals surface area contributed by atoms with Crippen molar-refractivity contribution in [3.05, 3.63) is 0 Å². The van der Waals surface area contributed by atoms with Gasteiger partial charge in [0.25, 0.3) is 19.3 Å². The van der Waals surface area contributed by atoms with Crippen molar-refractivity contribution in [2.45, 2.75) is 52.9 Å². The number of aliphatic carboxylic acids is 1. The van der Waals surface area contributed by atoms with Crippen LogP contribution in [0.1, 0.15) is 33.6 Å². The van der Waals surface area contributed by atoms with Crippen LogP contribution in [-0.2, 0) is 62.3 Å². The first-order valence-electron chi connectivity index (χ1n) is 7.97. The van der Waals surface area contributed by atoms with Crippen LogP contribution in [0, 0.1) is 0 Å². The molecule has 0 aliphatic carbocycles. The van der Waals surface area contributed by atoms with E-state index in [9.17, 15) is 50.3 Å². The molecule has 34 heavy (non-hydrogen) atoms. The molecule has 0 bridgehead atoms. The molecule has 0 heterocycles. The minimum atomic E-state index is -3.17. The Labute approximate surface area is 201 Å². The maximum absolute atomic E-state index is 11.5. The molecule has 18 heteroatoms. The molecule has 11 nitrogen and oxygen atoms in total. The van der Waals surface area contributed by atoms with Crippen LogP contribution in [0.3, 0.4) is 0 Å². The number of rotatable bonds is 8. The van der Waals surface area contributed by atoms with Gasteiger partial charge < -0.3 is 20.4 Å². The Bertz CT molecular complexity index is 584. The summed E-state index contributed by atoms with van der Waals surface area (Å²) in [6.45, 7) is 4.41. The smallest absolute Gasteiger partial charge is 0.373 e. The van der Waals surface area contributed by atoms with Crippen molar-refractivity contribution in [1.29, 1.82) is 0 Å². The molecule has 1 radical (unpaired) electrons. The summed E-state index contributed by atoms with van der Waals surface area (Å²) in [4.78, 5) is 65.6. The monoisotopic (exact) mass is 558 g/mol. The normalized spacial score (nSPS) is 8.15. The Kier molecular flexibility index (Phi) is 50.2. The van der Waals surface area contributed by atoms with Gasteiger partial charge in [0.05, 0.1) is 6.61 Å². The first kappa shape index (κ1) is 48.8. The van der Waals surface area contributed by atoms with Gasteiger partial charge in [-0.3, -0.25) is 24.0 Å². The maximum Gasteiger partial charge on any atom is 0.373 e. The molecule has 0 fully saturated rings. The third-order valence-electron chi connectivity index (χ3n) is 1.74. The Morgan fingerprint density at radius 2 is 1.09 bits per heavy atom. The number of aliphatic hydroxyl groups excluding tert-OH is 1. The summed E-state index contributed by atoms with van der Waals surface area (Å²) in [6, 6.07) is 0. The molecule has 5 N–H and O–H groups in total. The molecule has 0 unspecified atom stereocenters. The van der Waals surface area contributed by atoms with Crippen molar-refractivity contribution in [2.75, 3.05) is 13.2 Å². The van der Waals surface area contributed by atoms with Crippen molar-refractivity contribution < 1.29 is 98.9 Å². The standard InChI is InChI=1S/C6H8F2O3.C4H4F2O3.C3H4F2O.C2H6O.CO2.H2O.V/c1-2-11-5(10)3-4(9)6(7)8;5-4(6)2(7)1-3(8)9;1-2(6)3(4)5;1-2-3;2-1-3;;/h6H,2-3H2,1H3;4H,1H2,(H,8,9);3H,1H3;3H,2H2,1H3;;1H2;/p+1. The molecule has 0 spiro atoms. The second-order valence-electron chi connectivity index (χ2n) is 4.40. The number of halogens is 6. The van der Waals surface area contributed by atoms with E-state index >= 15 is 0 Å². The summed E-state index contributed by atoms with van der Waals surface area (Å²) in [5.41, 5.74) is 0. The number of esters is 1. The topological polar surface area (TPSA) is 202 Å². The van der Waals surface area contributed by atoms with Crippen LogP contribution in [0.4, 0.5) is 26.3 Å². The number of carboxylic acids is 1. The van der Waals surface area contributed by atoms with E-state index in [-0.39, 0.29) is 43.4 Å². The van der Waals surface area contributed by atoms with E-state index in [4.69, 9.17) is 19.8 Å². The largest absolute Gasteiger partial charge is 0.481 e. The second-order valence-corrected chi connectivity index (χ2v) is 4.40. The quantitative estimate of drug-likeness (QED) is 0.182. The van der Waals surface area contributed by atoms with Gasteiger partial charge in [0.15, 0.2) is 5.78 Å². The van der Waals surface area contributed by atoms with E-state index in [1.54, 1.807) is 6.92 Å². The summed E-state index contributed by atoms with van der Waals surface area (Å²) in [5.74, 6) is -6.46. The molecule has 0 atom stereocenters. The van der Waals surface area contributed by atoms with Crippen molar-refractivity contribution in [2.24, 2.45) is 0 Å². The van der Waals surface area contributed by atoms with Gasteiger partial charge in [-0.15, -0.1) is 0 Å². The fourth-order valence-electron chi connectivity index (χ4n) is 0.658. The van der Waals surface area contributed by atoms with Crippen LogP contribution in [0.15, 0.2) is 0 Å². The van der Waals surface area contributed by atoms with Gasteiger partial charge in [0.1, 0.15) is 12.8 Å². The van der Waals surface area contributed by atoms with E-state index in [0.29, 0.717) is 0 Å². The zero-order valence-electron chi connectivity index (χ0n) is 18.0. The Hall–Kier alpha value is -2.59. The Balaban J connectivity index is -0.0000000574. The van der Waals surface area contributed by atoms with E-state index in [2.05, 4.69) is 4.74 Å². The third kappa shape index (κ3) is 57.0. The minimum absolute atomic E-state index is 0. The Morgan fingerprint density at radius 1 is 0.824 bits per heavy atom. The van der Waals surface area contributed by atoms with Crippen molar-refractivity contribution in [3.8, 4) is 0 Å². The van der Waals surface area contributed by atoms with Gasteiger partial charge in [0, 0.05) is 32.1 Å². The molecular formula is C16H25F6O11V+. The number of hydrogen-bond donors (Lipinski definition) is 2. The third-order valence-corrected chi connectivity index (χ3v) is 1.74. The molecule has 0 rings (SSSR count). The molecule has 0 aliphatic rings.